The molecular weight excluding hydrogens is 283 g/mol. The van der Waals surface area contributed by atoms with E-state index in [0.29, 0.717) is 11.7 Å². The van der Waals surface area contributed by atoms with E-state index < -0.39 is 0 Å². The van der Waals surface area contributed by atoms with Gasteiger partial charge in [-0.2, -0.15) is 4.98 Å². The van der Waals surface area contributed by atoms with Crippen molar-refractivity contribution in [3.63, 3.8) is 0 Å². The first kappa shape index (κ1) is 14.9. The molecule has 0 radical (unpaired) electrons. The van der Waals surface area contributed by atoms with Crippen LogP contribution in [0.5, 0.6) is 0 Å². The third-order valence-corrected chi connectivity index (χ3v) is 3.91. The third-order valence-electron chi connectivity index (χ3n) is 3.91. The van der Waals surface area contributed by atoms with Crippen molar-refractivity contribution in [1.82, 2.24) is 20.4 Å². The van der Waals surface area contributed by atoms with Gasteiger partial charge >= 0.3 is 0 Å². The maximum Gasteiger partial charge on any atom is 0.250 e. The van der Waals surface area contributed by atoms with E-state index in [1.165, 1.54) is 12.1 Å². The molecule has 1 aliphatic heterocycles. The molecule has 2 heterocycles. The molecule has 6 heteroatoms. The molecule has 3 rings (SSSR count). The van der Waals surface area contributed by atoms with Gasteiger partial charge < -0.3 is 9.84 Å². The van der Waals surface area contributed by atoms with Crippen LogP contribution in [0.25, 0.3) is 11.6 Å². The zero-order chi connectivity index (χ0) is 15.5. The third kappa shape index (κ3) is 3.23. The summed E-state index contributed by atoms with van der Waals surface area (Å²) in [6, 6.07) is 6.48. The first-order valence-corrected chi connectivity index (χ1v) is 7.32. The highest BCUT2D eigenvalue weighted by molar-refractivity contribution is 5.77. The standard InChI is InChI=1S/C16H19FN4O/c1-11(12-3-5-13(17)6-4-12)9-15-19-16(20-22-15)14-10-18-7-8-21(14)2/h3-6,9,14,18H,7-8,10H2,1-2H3/b11-9-. The second kappa shape index (κ2) is 6.37. The maximum atomic E-state index is 13.0. The van der Waals surface area contributed by atoms with Crippen molar-refractivity contribution in [2.24, 2.45) is 0 Å². The highest BCUT2D eigenvalue weighted by atomic mass is 19.1. The summed E-state index contributed by atoms with van der Waals surface area (Å²) in [5.41, 5.74) is 1.88. The van der Waals surface area contributed by atoms with Crippen LogP contribution in [0.2, 0.25) is 0 Å². The largest absolute Gasteiger partial charge is 0.335 e. The number of hydrogen-bond donors (Lipinski definition) is 1. The van der Waals surface area contributed by atoms with Gasteiger partial charge in [0.15, 0.2) is 5.82 Å². The fraction of sp³-hybridized carbons (Fsp3) is 0.375. The molecule has 22 heavy (non-hydrogen) atoms. The molecule has 1 aromatic heterocycles. The summed E-state index contributed by atoms with van der Waals surface area (Å²) < 4.78 is 18.3. The van der Waals surface area contributed by atoms with Gasteiger partial charge in [0.1, 0.15) is 5.82 Å². The minimum absolute atomic E-state index is 0.130. The van der Waals surface area contributed by atoms with E-state index in [1.54, 1.807) is 12.1 Å². The quantitative estimate of drug-likeness (QED) is 0.943. The zero-order valence-electron chi connectivity index (χ0n) is 12.7. The number of benzene rings is 1. The van der Waals surface area contributed by atoms with Crippen LogP contribution in [0.1, 0.15) is 30.2 Å². The van der Waals surface area contributed by atoms with Gasteiger partial charge in [0, 0.05) is 25.7 Å². The average Bonchev–Trinajstić information content (AvgIpc) is 2.96. The van der Waals surface area contributed by atoms with Crippen molar-refractivity contribution in [3.8, 4) is 0 Å². The number of piperazine rings is 1. The maximum absolute atomic E-state index is 13.0. The number of likely N-dealkylation sites (N-methyl/N-ethyl adjacent to an activating group) is 1. The van der Waals surface area contributed by atoms with E-state index in [9.17, 15) is 4.39 Å². The topological polar surface area (TPSA) is 54.2 Å². The molecule has 5 nitrogen and oxygen atoms in total. The normalized spacial score (nSPS) is 20.3. The van der Waals surface area contributed by atoms with E-state index in [-0.39, 0.29) is 11.9 Å². The van der Waals surface area contributed by atoms with Crippen LogP contribution in [0, 0.1) is 5.82 Å². The van der Waals surface area contributed by atoms with Crippen molar-refractivity contribution >= 4 is 11.6 Å². The molecular formula is C16H19FN4O. The average molecular weight is 302 g/mol. The van der Waals surface area contributed by atoms with E-state index in [0.717, 1.165) is 30.8 Å². The molecule has 0 saturated carbocycles. The Morgan fingerprint density at radius 1 is 1.41 bits per heavy atom. The second-order valence-corrected chi connectivity index (χ2v) is 5.53. The Morgan fingerprint density at radius 3 is 2.91 bits per heavy atom. The summed E-state index contributed by atoms with van der Waals surface area (Å²) in [7, 11) is 2.06. The summed E-state index contributed by atoms with van der Waals surface area (Å²) in [4.78, 5) is 6.67. The molecule has 116 valence electrons. The number of allylic oxidation sites excluding steroid dienone is 1. The van der Waals surface area contributed by atoms with Crippen molar-refractivity contribution in [2.75, 3.05) is 26.7 Å². The van der Waals surface area contributed by atoms with Gasteiger partial charge in [-0.25, -0.2) is 4.39 Å². The Bertz CT molecular complexity index is 665. The Hall–Kier alpha value is -2.05. The Balaban J connectivity index is 1.78. The molecule has 1 aliphatic rings. The summed E-state index contributed by atoms with van der Waals surface area (Å²) >= 11 is 0. The number of halogens is 1. The Morgan fingerprint density at radius 2 is 2.18 bits per heavy atom. The molecule has 1 saturated heterocycles. The van der Waals surface area contributed by atoms with Crippen LogP contribution < -0.4 is 5.32 Å². The van der Waals surface area contributed by atoms with E-state index in [4.69, 9.17) is 4.52 Å². The molecule has 1 unspecified atom stereocenters. The molecule has 1 N–H and O–H groups in total. The fourth-order valence-electron chi connectivity index (χ4n) is 2.52. The molecule has 2 aromatic rings. The number of hydrogen-bond acceptors (Lipinski definition) is 5. The van der Waals surface area contributed by atoms with E-state index in [1.807, 2.05) is 13.0 Å². The minimum Gasteiger partial charge on any atom is -0.335 e. The zero-order valence-corrected chi connectivity index (χ0v) is 12.7. The lowest BCUT2D eigenvalue weighted by Gasteiger charge is -2.30. The molecule has 0 aliphatic carbocycles. The van der Waals surface area contributed by atoms with Gasteiger partial charge in [-0.15, -0.1) is 0 Å². The fourth-order valence-corrected chi connectivity index (χ4v) is 2.52. The summed E-state index contributed by atoms with van der Waals surface area (Å²) in [6.07, 6.45) is 1.82. The van der Waals surface area contributed by atoms with Crippen LogP contribution in [0.15, 0.2) is 28.8 Å². The van der Waals surface area contributed by atoms with Crippen molar-refractivity contribution < 1.29 is 8.91 Å². The summed E-state index contributed by atoms with van der Waals surface area (Å²) in [5.74, 6) is 0.910. The Kier molecular flexibility index (Phi) is 4.31. The summed E-state index contributed by atoms with van der Waals surface area (Å²) in [5, 5.41) is 7.41. The van der Waals surface area contributed by atoms with Gasteiger partial charge in [-0.1, -0.05) is 17.3 Å². The SMILES string of the molecule is C/C(=C/c1nc(C2CNCCN2C)no1)c1ccc(F)cc1. The lowest BCUT2D eigenvalue weighted by molar-refractivity contribution is 0.190. The number of aromatic nitrogens is 2. The lowest BCUT2D eigenvalue weighted by Crippen LogP contribution is -2.44. The molecule has 0 spiro atoms. The van der Waals surface area contributed by atoms with Crippen molar-refractivity contribution in [2.45, 2.75) is 13.0 Å². The predicted molar refractivity (Wildman–Crippen MR) is 82.5 cm³/mol. The number of rotatable bonds is 3. The highest BCUT2D eigenvalue weighted by Crippen LogP contribution is 2.20. The van der Waals surface area contributed by atoms with Crippen molar-refractivity contribution in [1.29, 1.82) is 0 Å². The highest BCUT2D eigenvalue weighted by Gasteiger charge is 2.24. The molecule has 1 fully saturated rings. The predicted octanol–water partition coefficient (Wildman–Crippen LogP) is 2.35. The van der Waals surface area contributed by atoms with Gasteiger partial charge in [0.2, 0.25) is 0 Å². The molecule has 0 amide bonds. The lowest BCUT2D eigenvalue weighted by atomic mass is 10.1. The molecule has 0 bridgehead atoms. The van der Waals surface area contributed by atoms with Crippen LogP contribution in [-0.2, 0) is 0 Å². The van der Waals surface area contributed by atoms with Crippen LogP contribution in [0.4, 0.5) is 4.39 Å². The molecule has 1 atom stereocenters. The van der Waals surface area contributed by atoms with Crippen molar-refractivity contribution in [3.05, 3.63) is 47.4 Å². The molecule has 1 aromatic carbocycles. The summed E-state index contributed by atoms with van der Waals surface area (Å²) in [6.45, 7) is 4.68. The van der Waals surface area contributed by atoms with Gasteiger partial charge in [0.25, 0.3) is 5.89 Å². The first-order valence-electron chi connectivity index (χ1n) is 7.32. The van der Waals surface area contributed by atoms with E-state index >= 15 is 0 Å². The minimum atomic E-state index is -0.246. The van der Waals surface area contributed by atoms with Gasteiger partial charge in [-0.3, -0.25) is 4.90 Å². The van der Waals surface area contributed by atoms with Crippen LogP contribution in [-0.4, -0.2) is 41.7 Å². The second-order valence-electron chi connectivity index (χ2n) is 5.53. The van der Waals surface area contributed by atoms with Crippen LogP contribution >= 0.6 is 0 Å². The monoisotopic (exact) mass is 302 g/mol. The Labute approximate surface area is 128 Å². The van der Waals surface area contributed by atoms with Crippen LogP contribution in [0.3, 0.4) is 0 Å². The number of nitrogens with zero attached hydrogens (tertiary/aromatic N) is 3. The van der Waals surface area contributed by atoms with Gasteiger partial charge in [-0.05, 0) is 37.2 Å². The number of nitrogens with one attached hydrogen (secondary N) is 1. The first-order chi connectivity index (χ1) is 10.6. The van der Waals surface area contributed by atoms with E-state index in [2.05, 4.69) is 27.4 Å². The van der Waals surface area contributed by atoms with Gasteiger partial charge in [0.05, 0.1) is 6.04 Å². The smallest absolute Gasteiger partial charge is 0.250 e.